The third-order valence-electron chi connectivity index (χ3n) is 7.02. The number of benzene rings is 3. The van der Waals surface area contributed by atoms with Gasteiger partial charge in [0.1, 0.15) is 22.8 Å². The Morgan fingerprint density at radius 1 is 0.842 bits per heavy atom. The monoisotopic (exact) mass is 520 g/mol. The predicted octanol–water partition coefficient (Wildman–Crippen LogP) is 3.74. The van der Waals surface area contributed by atoms with Gasteiger partial charge in [0.2, 0.25) is 0 Å². The number of phenols is 2. The minimum absolute atomic E-state index is 0.0306. The van der Waals surface area contributed by atoms with Crippen LogP contribution in [0.5, 0.6) is 23.0 Å². The van der Waals surface area contributed by atoms with E-state index in [-0.39, 0.29) is 44.9 Å². The molecule has 0 aromatic heterocycles. The summed E-state index contributed by atoms with van der Waals surface area (Å²) < 4.78 is 11.9. The fourth-order valence-corrected chi connectivity index (χ4v) is 5.28. The second-order valence-electron chi connectivity index (χ2n) is 9.08. The number of aromatic carboxylic acids is 1. The number of carboxylic acid groups (broad SMARTS) is 3. The largest absolute Gasteiger partial charge is 0.507 e. The van der Waals surface area contributed by atoms with E-state index in [0.29, 0.717) is 0 Å². The van der Waals surface area contributed by atoms with Gasteiger partial charge < -0.3 is 35.0 Å². The molecule has 194 valence electrons. The molecule has 11 heteroatoms. The summed E-state index contributed by atoms with van der Waals surface area (Å²) in [6.07, 6.45) is 0. The average Bonchev–Trinajstić information content (AvgIpc) is 3.14. The SMILES string of the molecule is CC(C(=O)O)c1c(O)cc2c(c1C(C)C(=O)O)C1(OC(=O)c3ccccc31)c1ccc(O)c(C(=O)O)c1O2. The Bertz CT molecular complexity index is 1590. The molecule has 0 saturated heterocycles. The third kappa shape index (κ3) is 3.14. The number of aliphatic carboxylic acids is 2. The van der Waals surface area contributed by atoms with Crippen LogP contribution in [0.1, 0.15) is 74.2 Å². The van der Waals surface area contributed by atoms with Gasteiger partial charge in [-0.05, 0) is 37.6 Å². The van der Waals surface area contributed by atoms with Crippen molar-refractivity contribution in [3.8, 4) is 23.0 Å². The number of rotatable bonds is 5. The molecule has 11 nitrogen and oxygen atoms in total. The summed E-state index contributed by atoms with van der Waals surface area (Å²) in [5, 5.41) is 50.9. The Hall–Kier alpha value is -5.06. The summed E-state index contributed by atoms with van der Waals surface area (Å²) in [5.74, 6) is -9.83. The van der Waals surface area contributed by atoms with E-state index in [1.54, 1.807) is 12.1 Å². The van der Waals surface area contributed by atoms with Gasteiger partial charge in [-0.15, -0.1) is 0 Å². The standard InChI is InChI=1S/C27H20O11/c1-10(23(30)31)18-16(29)9-17-21(19(18)11(2)24(32)33)27(13-6-4-3-5-12(13)26(36)38-27)14-7-8-15(28)20(25(34)35)22(14)37-17/h3-11,28-29H,1-2H3,(H,30,31)(H,32,33)(H,34,35). The van der Waals surface area contributed by atoms with Crippen LogP contribution in [0.3, 0.4) is 0 Å². The zero-order chi connectivity index (χ0) is 27.7. The lowest BCUT2D eigenvalue weighted by Crippen LogP contribution is -2.36. The number of hydrogen-bond donors (Lipinski definition) is 5. The lowest BCUT2D eigenvalue weighted by Gasteiger charge is -2.40. The number of phenolic OH excluding ortho intramolecular Hbond substituents is 1. The van der Waals surface area contributed by atoms with E-state index >= 15 is 0 Å². The molecule has 0 fully saturated rings. The van der Waals surface area contributed by atoms with Crippen molar-refractivity contribution in [1.82, 2.24) is 0 Å². The first-order valence-electron chi connectivity index (χ1n) is 11.4. The Balaban J connectivity index is 2.03. The Labute approximate surface area is 214 Å². The van der Waals surface area contributed by atoms with E-state index in [0.717, 1.165) is 12.1 Å². The van der Waals surface area contributed by atoms with Gasteiger partial charge in [-0.25, -0.2) is 9.59 Å². The van der Waals surface area contributed by atoms with E-state index in [2.05, 4.69) is 0 Å². The molecule has 0 bridgehead atoms. The zero-order valence-corrected chi connectivity index (χ0v) is 19.9. The summed E-state index contributed by atoms with van der Waals surface area (Å²) in [7, 11) is 0. The molecule has 2 aliphatic heterocycles. The molecular weight excluding hydrogens is 500 g/mol. The van der Waals surface area contributed by atoms with Crippen molar-refractivity contribution in [2.75, 3.05) is 0 Å². The van der Waals surface area contributed by atoms with Crippen LogP contribution in [0.25, 0.3) is 0 Å². The molecule has 0 amide bonds. The quantitative estimate of drug-likeness (QED) is 0.308. The maximum absolute atomic E-state index is 13.2. The van der Waals surface area contributed by atoms with Crippen molar-refractivity contribution in [3.05, 3.63) is 81.4 Å². The van der Waals surface area contributed by atoms with E-state index in [1.807, 2.05) is 0 Å². The minimum atomic E-state index is -1.99. The highest BCUT2D eigenvalue weighted by Gasteiger charge is 2.57. The highest BCUT2D eigenvalue weighted by Crippen LogP contribution is 2.61. The van der Waals surface area contributed by atoms with Crippen LogP contribution in [0, 0.1) is 0 Å². The smallest absolute Gasteiger partial charge is 0.343 e. The molecule has 2 heterocycles. The average molecular weight is 520 g/mol. The fourth-order valence-electron chi connectivity index (χ4n) is 5.28. The topological polar surface area (TPSA) is 188 Å². The highest BCUT2D eigenvalue weighted by molar-refractivity contribution is 6.00. The van der Waals surface area contributed by atoms with E-state index in [9.17, 15) is 44.7 Å². The highest BCUT2D eigenvalue weighted by atomic mass is 16.6. The molecule has 1 spiro atoms. The van der Waals surface area contributed by atoms with Crippen LogP contribution in [0.2, 0.25) is 0 Å². The van der Waals surface area contributed by atoms with E-state index in [1.165, 1.54) is 32.0 Å². The molecule has 38 heavy (non-hydrogen) atoms. The molecule has 5 rings (SSSR count). The maximum Gasteiger partial charge on any atom is 0.343 e. The third-order valence-corrected chi connectivity index (χ3v) is 7.02. The number of carbonyl (C=O) groups is 4. The molecule has 3 aromatic carbocycles. The second-order valence-corrected chi connectivity index (χ2v) is 9.08. The normalized spacial score (nSPS) is 18.4. The Kier molecular flexibility index (Phi) is 5.34. The number of esters is 1. The van der Waals surface area contributed by atoms with Gasteiger partial charge in [-0.1, -0.05) is 18.2 Å². The Morgan fingerprint density at radius 3 is 2.11 bits per heavy atom. The van der Waals surface area contributed by atoms with Gasteiger partial charge in [-0.3, -0.25) is 9.59 Å². The van der Waals surface area contributed by atoms with Crippen LogP contribution < -0.4 is 4.74 Å². The molecule has 3 atom stereocenters. The number of carbonyl (C=O) groups excluding carboxylic acids is 1. The lowest BCUT2D eigenvalue weighted by atomic mass is 9.71. The Morgan fingerprint density at radius 2 is 1.47 bits per heavy atom. The lowest BCUT2D eigenvalue weighted by molar-refractivity contribution is -0.140. The summed E-state index contributed by atoms with van der Waals surface area (Å²) in [4.78, 5) is 49.6. The van der Waals surface area contributed by atoms with E-state index < -0.39 is 58.4 Å². The molecule has 0 radical (unpaired) electrons. The van der Waals surface area contributed by atoms with Crippen LogP contribution in [0.15, 0.2) is 42.5 Å². The summed E-state index contributed by atoms with van der Waals surface area (Å²) in [6.45, 7) is 2.54. The molecule has 0 aliphatic carbocycles. The minimum Gasteiger partial charge on any atom is -0.507 e. The molecule has 0 saturated carbocycles. The first kappa shape index (κ1) is 24.6. The summed E-state index contributed by atoms with van der Waals surface area (Å²) in [6, 6.07) is 9.58. The van der Waals surface area contributed by atoms with Gasteiger partial charge in [-0.2, -0.15) is 0 Å². The number of carboxylic acids is 3. The second kappa shape index (κ2) is 8.23. The number of ether oxygens (including phenoxy) is 2. The number of hydrogen-bond acceptors (Lipinski definition) is 8. The van der Waals surface area contributed by atoms with Gasteiger partial charge in [0.15, 0.2) is 11.4 Å². The van der Waals surface area contributed by atoms with Crippen molar-refractivity contribution in [1.29, 1.82) is 0 Å². The predicted molar refractivity (Wildman–Crippen MR) is 127 cm³/mol. The number of aromatic hydroxyl groups is 2. The zero-order valence-electron chi connectivity index (χ0n) is 19.9. The number of fused-ring (bicyclic) bond motifs is 6. The molecule has 2 aliphatic rings. The van der Waals surface area contributed by atoms with Crippen LogP contribution in [-0.2, 0) is 19.9 Å². The van der Waals surface area contributed by atoms with Crippen LogP contribution in [0.4, 0.5) is 0 Å². The first-order chi connectivity index (χ1) is 17.9. The molecular formula is C27H20O11. The van der Waals surface area contributed by atoms with Gasteiger partial charge >= 0.3 is 23.9 Å². The molecule has 3 aromatic rings. The van der Waals surface area contributed by atoms with Crippen molar-refractivity contribution >= 4 is 23.9 Å². The van der Waals surface area contributed by atoms with Crippen molar-refractivity contribution in [2.45, 2.75) is 31.3 Å². The molecule has 5 N–H and O–H groups in total. The maximum atomic E-state index is 13.2. The van der Waals surface area contributed by atoms with Gasteiger partial charge in [0.05, 0.1) is 23.0 Å². The summed E-state index contributed by atoms with van der Waals surface area (Å²) in [5.41, 5.74) is -2.81. The van der Waals surface area contributed by atoms with E-state index in [4.69, 9.17) is 9.47 Å². The van der Waals surface area contributed by atoms with Crippen molar-refractivity contribution < 1.29 is 54.2 Å². The summed E-state index contributed by atoms with van der Waals surface area (Å²) >= 11 is 0. The first-order valence-corrected chi connectivity index (χ1v) is 11.4. The van der Waals surface area contributed by atoms with Crippen molar-refractivity contribution in [2.24, 2.45) is 0 Å². The van der Waals surface area contributed by atoms with Gasteiger partial charge in [0, 0.05) is 22.8 Å². The fraction of sp³-hybridized carbons (Fsp3) is 0.185. The van der Waals surface area contributed by atoms with Crippen LogP contribution in [-0.4, -0.2) is 49.4 Å². The van der Waals surface area contributed by atoms with Crippen LogP contribution >= 0.6 is 0 Å². The van der Waals surface area contributed by atoms with Gasteiger partial charge in [0.25, 0.3) is 0 Å². The molecule has 3 unspecified atom stereocenters. The van der Waals surface area contributed by atoms with Crippen molar-refractivity contribution in [3.63, 3.8) is 0 Å².